The Labute approximate surface area is 235 Å². The number of fused-ring (bicyclic) bond motifs is 4. The topological polar surface area (TPSA) is 130 Å². The van der Waals surface area contributed by atoms with Crippen molar-refractivity contribution in [3.05, 3.63) is 47.7 Å². The number of hydrogen-bond acceptors (Lipinski definition) is 8. The average molecular weight is 553 g/mol. The summed E-state index contributed by atoms with van der Waals surface area (Å²) >= 11 is 0. The molecule has 40 heavy (non-hydrogen) atoms. The zero-order valence-corrected chi connectivity index (χ0v) is 24.0. The molecule has 1 unspecified atom stereocenters. The first-order chi connectivity index (χ1) is 18.9. The summed E-state index contributed by atoms with van der Waals surface area (Å²) in [4.78, 5) is 44.1. The van der Waals surface area contributed by atoms with Gasteiger partial charge in [-0.15, -0.1) is 0 Å². The molecular weight excluding hydrogens is 512 g/mol. The van der Waals surface area contributed by atoms with Crippen LogP contribution in [0.4, 0.5) is 0 Å². The van der Waals surface area contributed by atoms with Crippen LogP contribution in [-0.2, 0) is 23.9 Å². The molecule has 1 aromatic carbocycles. The third-order valence-corrected chi connectivity index (χ3v) is 7.39. The second kappa shape index (κ2) is 12.0. The third-order valence-electron chi connectivity index (χ3n) is 7.39. The Morgan fingerprint density at radius 2 is 1.85 bits per heavy atom. The van der Waals surface area contributed by atoms with E-state index in [1.165, 1.54) is 5.01 Å². The number of aliphatic hydroxyl groups is 1. The van der Waals surface area contributed by atoms with Crippen LogP contribution in [0.25, 0.3) is 17.0 Å². The van der Waals surface area contributed by atoms with Crippen molar-refractivity contribution in [2.45, 2.75) is 85.0 Å². The molecule has 216 valence electrons. The van der Waals surface area contributed by atoms with Gasteiger partial charge in [0, 0.05) is 17.3 Å². The van der Waals surface area contributed by atoms with Gasteiger partial charge in [0.15, 0.2) is 6.29 Å². The maximum atomic E-state index is 13.2. The van der Waals surface area contributed by atoms with E-state index in [9.17, 15) is 19.5 Å². The van der Waals surface area contributed by atoms with Crippen molar-refractivity contribution in [2.24, 2.45) is 11.3 Å². The maximum Gasteiger partial charge on any atom is 0.325 e. The summed E-state index contributed by atoms with van der Waals surface area (Å²) in [7, 11) is 0. The van der Waals surface area contributed by atoms with Gasteiger partial charge in [0.05, 0.1) is 11.2 Å². The van der Waals surface area contributed by atoms with E-state index in [4.69, 9.17) is 14.5 Å². The van der Waals surface area contributed by atoms with Gasteiger partial charge >= 0.3 is 5.97 Å². The summed E-state index contributed by atoms with van der Waals surface area (Å²) in [6.45, 7) is 11.0. The molecule has 0 aliphatic carbocycles. The zero-order chi connectivity index (χ0) is 29.2. The van der Waals surface area contributed by atoms with Crippen molar-refractivity contribution in [2.75, 3.05) is 6.54 Å². The molecule has 2 amide bonds. The fourth-order valence-corrected chi connectivity index (χ4v) is 4.73. The largest absolute Gasteiger partial charge is 0.455 e. The minimum Gasteiger partial charge on any atom is -0.455 e. The number of ether oxygens (including phenoxy) is 2. The van der Waals surface area contributed by atoms with Crippen molar-refractivity contribution in [1.29, 1.82) is 0 Å². The van der Waals surface area contributed by atoms with Gasteiger partial charge in [-0.3, -0.25) is 19.4 Å². The lowest BCUT2D eigenvalue weighted by atomic mass is 9.90. The normalized spacial score (nSPS) is 29.2. The molecule has 4 rings (SSSR count). The van der Waals surface area contributed by atoms with Crippen LogP contribution in [0.1, 0.15) is 71.7 Å². The van der Waals surface area contributed by atoms with E-state index < -0.39 is 47.9 Å². The van der Waals surface area contributed by atoms with E-state index in [2.05, 4.69) is 10.7 Å². The van der Waals surface area contributed by atoms with Crippen LogP contribution in [0.3, 0.4) is 0 Å². The van der Waals surface area contributed by atoms with Gasteiger partial charge in [-0.1, -0.05) is 58.0 Å². The van der Waals surface area contributed by atoms with E-state index in [1.807, 2.05) is 70.2 Å². The van der Waals surface area contributed by atoms with E-state index in [0.717, 1.165) is 16.5 Å². The summed E-state index contributed by atoms with van der Waals surface area (Å²) in [6, 6.07) is 8.00. The van der Waals surface area contributed by atoms with Crippen molar-refractivity contribution in [3.8, 4) is 0 Å². The Bertz CT molecular complexity index is 1290. The second-order valence-electron chi connectivity index (χ2n) is 11.6. The first kappa shape index (κ1) is 29.6. The number of hydrogen-bond donors (Lipinski definition) is 3. The number of esters is 1. The molecule has 1 aromatic heterocycles. The SMILES string of the molecule is CC(C)[C@@H]1OC(O)C(C)(C)/C=C/c2ccc3ccc(nc3c2)[C@@H](C)OC(=O)[C@@H]2CCCN(N2)C(=O)[C@H](C)NC1=O. The van der Waals surface area contributed by atoms with Crippen LogP contribution >= 0.6 is 0 Å². The average Bonchev–Trinajstić information content (AvgIpc) is 2.92. The number of carbonyl (C=O) groups is 3. The van der Waals surface area contributed by atoms with E-state index in [-0.39, 0.29) is 11.8 Å². The molecule has 5 bridgehead atoms. The summed E-state index contributed by atoms with van der Waals surface area (Å²) in [5, 5.41) is 16.0. The molecule has 1 saturated heterocycles. The van der Waals surface area contributed by atoms with E-state index >= 15 is 0 Å². The second-order valence-corrected chi connectivity index (χ2v) is 11.6. The van der Waals surface area contributed by atoms with Gasteiger partial charge in [0.25, 0.3) is 5.91 Å². The summed E-state index contributed by atoms with van der Waals surface area (Å²) in [6.07, 6.45) is 1.92. The highest BCUT2D eigenvalue weighted by atomic mass is 16.6. The molecule has 2 aromatic rings. The summed E-state index contributed by atoms with van der Waals surface area (Å²) in [5.41, 5.74) is 4.34. The third kappa shape index (κ3) is 6.68. The number of cyclic esters (lactones) is 1. The lowest BCUT2D eigenvalue weighted by Crippen LogP contribution is -2.60. The fraction of sp³-hybridized carbons (Fsp3) is 0.533. The Morgan fingerprint density at radius 1 is 1.12 bits per heavy atom. The quantitative estimate of drug-likeness (QED) is 0.460. The Hall–Kier alpha value is -3.34. The Morgan fingerprint density at radius 3 is 2.58 bits per heavy atom. The number of benzene rings is 1. The predicted molar refractivity (Wildman–Crippen MR) is 150 cm³/mol. The summed E-state index contributed by atoms with van der Waals surface area (Å²) < 4.78 is 11.6. The van der Waals surface area contributed by atoms with Gasteiger partial charge in [-0.05, 0) is 50.3 Å². The number of nitrogens with one attached hydrogen (secondary N) is 2. The summed E-state index contributed by atoms with van der Waals surface area (Å²) in [5.74, 6) is -1.63. The fourth-order valence-electron chi connectivity index (χ4n) is 4.73. The first-order valence-electron chi connectivity index (χ1n) is 13.9. The Kier molecular flexibility index (Phi) is 8.92. The van der Waals surface area contributed by atoms with Gasteiger partial charge in [-0.25, -0.2) is 10.4 Å². The molecule has 5 atom stereocenters. The van der Waals surface area contributed by atoms with Crippen LogP contribution in [0.5, 0.6) is 0 Å². The number of nitrogens with zero attached hydrogens (tertiary/aromatic N) is 2. The van der Waals surface area contributed by atoms with Gasteiger partial charge in [0.1, 0.15) is 24.3 Å². The maximum absolute atomic E-state index is 13.2. The van der Waals surface area contributed by atoms with Crippen molar-refractivity contribution in [3.63, 3.8) is 0 Å². The highest BCUT2D eigenvalue weighted by Crippen LogP contribution is 2.28. The zero-order valence-electron chi connectivity index (χ0n) is 24.0. The van der Waals surface area contributed by atoms with Crippen LogP contribution in [-0.4, -0.2) is 63.9 Å². The molecule has 3 N–H and O–H groups in total. The molecule has 0 spiro atoms. The van der Waals surface area contributed by atoms with E-state index in [1.54, 1.807) is 13.8 Å². The molecule has 3 heterocycles. The van der Waals surface area contributed by atoms with Crippen molar-refractivity contribution < 1.29 is 29.0 Å². The molecule has 10 nitrogen and oxygen atoms in total. The highest BCUT2D eigenvalue weighted by molar-refractivity contribution is 5.89. The van der Waals surface area contributed by atoms with Crippen molar-refractivity contribution >= 4 is 34.8 Å². The molecule has 0 radical (unpaired) electrons. The monoisotopic (exact) mass is 552 g/mol. The number of amides is 2. The number of hydrazine groups is 1. The predicted octanol–water partition coefficient (Wildman–Crippen LogP) is 3.25. The minimum absolute atomic E-state index is 0.270. The van der Waals surface area contributed by atoms with Gasteiger partial charge in [0.2, 0.25) is 5.91 Å². The number of aromatic nitrogens is 1. The standard InChI is InChI=1S/C30H40N4O6/c1-17(2)25-26(35)31-18(3)27(36)34-15-7-8-23(33-34)28(37)39-19(4)22-12-11-21-10-9-20(16-24(21)32-22)13-14-30(5,6)29(38)40-25/h9-14,16-19,23,25,29,33,38H,7-8,15H2,1-6H3,(H,31,35)/b14-13+/t18-,19+,23-,25-,29?/m0/s1. The van der Waals surface area contributed by atoms with Crippen LogP contribution < -0.4 is 10.7 Å². The molecule has 10 heteroatoms. The number of carbonyl (C=O) groups excluding carboxylic acids is 3. The molecular formula is C30H40N4O6. The Balaban J connectivity index is 1.70. The van der Waals surface area contributed by atoms with Crippen LogP contribution in [0, 0.1) is 11.3 Å². The highest BCUT2D eigenvalue weighted by Gasteiger charge is 2.36. The van der Waals surface area contributed by atoms with Crippen molar-refractivity contribution in [1.82, 2.24) is 20.7 Å². The van der Waals surface area contributed by atoms with Crippen LogP contribution in [0.2, 0.25) is 0 Å². The first-order valence-corrected chi connectivity index (χ1v) is 13.9. The van der Waals surface area contributed by atoms with Gasteiger partial charge < -0.3 is 19.9 Å². The number of aliphatic hydroxyl groups excluding tert-OH is 1. The van der Waals surface area contributed by atoms with Crippen LogP contribution in [0.15, 0.2) is 36.4 Å². The molecule has 1 fully saturated rings. The molecule has 2 aliphatic rings. The minimum atomic E-state index is -1.29. The lowest BCUT2D eigenvalue weighted by molar-refractivity contribution is -0.194. The van der Waals surface area contributed by atoms with E-state index in [0.29, 0.717) is 25.1 Å². The molecule has 2 aliphatic heterocycles. The number of pyridine rings is 1. The lowest BCUT2D eigenvalue weighted by Gasteiger charge is -2.35. The number of rotatable bonds is 1. The smallest absolute Gasteiger partial charge is 0.325 e. The molecule has 0 saturated carbocycles. The van der Waals surface area contributed by atoms with Gasteiger partial charge in [-0.2, -0.15) is 0 Å².